The van der Waals surface area contributed by atoms with Gasteiger partial charge in [0.2, 0.25) is 0 Å². The largest absolute Gasteiger partial charge is 0.465 e. The molecular formula is C16H19Cl3F2N2O5. The predicted molar refractivity (Wildman–Crippen MR) is 100 cm³/mol. The fourth-order valence-electron chi connectivity index (χ4n) is 2.81. The molecule has 0 saturated carbocycles. The molecule has 2 atom stereocenters. The number of hydrogen-bond acceptors (Lipinski definition) is 4. The van der Waals surface area contributed by atoms with Crippen LogP contribution in [0.15, 0.2) is 18.2 Å². The molecule has 158 valence electrons. The van der Waals surface area contributed by atoms with Crippen molar-refractivity contribution < 1.29 is 33.7 Å². The molecule has 2 unspecified atom stereocenters. The molecule has 0 bridgehead atoms. The number of aliphatic hydroxyl groups excluding tert-OH is 2. The van der Waals surface area contributed by atoms with Crippen molar-refractivity contribution in [1.82, 2.24) is 9.80 Å². The molecule has 28 heavy (non-hydrogen) atoms. The minimum Gasteiger partial charge on any atom is -0.465 e. The lowest BCUT2D eigenvalue weighted by Gasteiger charge is -2.44. The number of carbonyl (C=O) groups is 2. The third kappa shape index (κ3) is 5.57. The average molecular weight is 464 g/mol. The molecule has 0 aromatic heterocycles. The second-order valence-electron chi connectivity index (χ2n) is 6.20. The van der Waals surface area contributed by atoms with Gasteiger partial charge in [-0.25, -0.2) is 4.79 Å². The molecule has 0 radical (unpaired) electrons. The van der Waals surface area contributed by atoms with E-state index in [1.165, 1.54) is 18.2 Å². The van der Waals surface area contributed by atoms with Gasteiger partial charge < -0.3 is 20.2 Å². The highest BCUT2D eigenvalue weighted by Gasteiger charge is 2.46. The lowest BCUT2D eigenvalue weighted by molar-refractivity contribution is -0.148. The summed E-state index contributed by atoms with van der Waals surface area (Å²) < 4.78 is 26.5. The van der Waals surface area contributed by atoms with E-state index < -0.39 is 48.6 Å². The molecule has 1 aromatic rings. The summed E-state index contributed by atoms with van der Waals surface area (Å²) in [6.45, 7) is -1.36. The maximum atomic E-state index is 13.3. The molecule has 0 aliphatic carbocycles. The summed E-state index contributed by atoms with van der Waals surface area (Å²) in [4.78, 5) is 24.9. The van der Waals surface area contributed by atoms with Crippen LogP contribution in [0.4, 0.5) is 13.6 Å². The maximum Gasteiger partial charge on any atom is 0.407 e. The van der Waals surface area contributed by atoms with Crippen LogP contribution in [0.2, 0.25) is 10.0 Å². The number of halogens is 5. The second-order valence-corrected chi connectivity index (χ2v) is 7.49. The van der Waals surface area contributed by atoms with Gasteiger partial charge in [0.25, 0.3) is 0 Å². The smallest absolute Gasteiger partial charge is 0.407 e. The van der Waals surface area contributed by atoms with Crippen molar-refractivity contribution in [3.8, 4) is 0 Å². The summed E-state index contributed by atoms with van der Waals surface area (Å²) in [6.07, 6.45) is -3.35. The van der Waals surface area contributed by atoms with Crippen LogP contribution in [0, 0.1) is 0 Å². The topological polar surface area (TPSA) is 101 Å². The summed E-state index contributed by atoms with van der Waals surface area (Å²) in [7, 11) is 2.14. The SMILES string of the molecule is CN(CC(CC(O)CO)(c1ccc(Cl)c(Cl)c1)N(C)C(=O)O)C(=O)C(F)(F)Cl. The van der Waals surface area contributed by atoms with E-state index in [-0.39, 0.29) is 15.6 Å². The van der Waals surface area contributed by atoms with Crippen molar-refractivity contribution in [2.75, 3.05) is 27.2 Å². The Balaban J connectivity index is 3.61. The quantitative estimate of drug-likeness (QED) is 0.515. The molecule has 2 amide bonds. The molecule has 0 heterocycles. The Kier molecular flexibility index (Phi) is 8.28. The zero-order valence-corrected chi connectivity index (χ0v) is 17.1. The summed E-state index contributed by atoms with van der Waals surface area (Å²) in [6, 6.07) is 4.03. The van der Waals surface area contributed by atoms with Crippen LogP contribution in [0.5, 0.6) is 0 Å². The van der Waals surface area contributed by atoms with Crippen molar-refractivity contribution in [3.05, 3.63) is 33.8 Å². The van der Waals surface area contributed by atoms with Crippen molar-refractivity contribution in [2.45, 2.75) is 23.4 Å². The molecule has 12 heteroatoms. The summed E-state index contributed by atoms with van der Waals surface area (Å²) >= 11 is 16.7. The van der Waals surface area contributed by atoms with Gasteiger partial charge in [-0.15, -0.1) is 0 Å². The van der Waals surface area contributed by atoms with Gasteiger partial charge in [0.05, 0.1) is 28.3 Å². The number of carbonyl (C=O) groups excluding carboxylic acids is 1. The van der Waals surface area contributed by atoms with Crippen LogP contribution in [0.3, 0.4) is 0 Å². The zero-order valence-electron chi connectivity index (χ0n) is 14.9. The van der Waals surface area contributed by atoms with Crippen molar-refractivity contribution >= 4 is 46.8 Å². The standard InChI is InChI=1S/C16H19Cl3F2N2O5/c1-22(13(26)16(19,20)21)8-15(6-10(25)7-24,23(2)14(27)28)9-3-4-11(17)12(18)5-9/h3-5,10,24-25H,6-8H2,1-2H3,(H,27,28). The minimum absolute atomic E-state index is 0.0393. The van der Waals surface area contributed by atoms with Crippen molar-refractivity contribution in [3.63, 3.8) is 0 Å². The van der Waals surface area contributed by atoms with E-state index in [0.29, 0.717) is 4.90 Å². The number of nitrogens with zero attached hydrogens (tertiary/aromatic N) is 2. The fraction of sp³-hybridized carbons (Fsp3) is 0.500. The first kappa shape index (κ1) is 24.6. The number of amides is 2. The molecule has 3 N–H and O–H groups in total. The third-order valence-corrected chi connectivity index (χ3v) is 5.16. The van der Waals surface area contributed by atoms with E-state index in [9.17, 15) is 33.7 Å². The van der Waals surface area contributed by atoms with Crippen LogP contribution >= 0.6 is 34.8 Å². The Morgan fingerprint density at radius 3 is 2.21 bits per heavy atom. The lowest BCUT2D eigenvalue weighted by atomic mass is 9.82. The van der Waals surface area contributed by atoms with E-state index in [2.05, 4.69) is 0 Å². The Hall–Kier alpha value is -1.39. The highest BCUT2D eigenvalue weighted by molar-refractivity contribution is 6.42. The van der Waals surface area contributed by atoms with Gasteiger partial charge >= 0.3 is 17.4 Å². The highest BCUT2D eigenvalue weighted by Crippen LogP contribution is 2.37. The first-order chi connectivity index (χ1) is 12.8. The van der Waals surface area contributed by atoms with Crippen LogP contribution in [-0.2, 0) is 10.3 Å². The molecule has 7 nitrogen and oxygen atoms in total. The van der Waals surface area contributed by atoms with Gasteiger partial charge in [-0.2, -0.15) is 8.78 Å². The number of hydrogen-bond donors (Lipinski definition) is 3. The van der Waals surface area contributed by atoms with Gasteiger partial charge in [-0.3, -0.25) is 9.69 Å². The summed E-state index contributed by atoms with van der Waals surface area (Å²) in [5.74, 6) is -1.77. The number of alkyl halides is 3. The van der Waals surface area contributed by atoms with E-state index in [1.807, 2.05) is 0 Å². The first-order valence-electron chi connectivity index (χ1n) is 7.79. The summed E-state index contributed by atoms with van der Waals surface area (Å²) in [5, 5.41) is 24.8. The number of aliphatic hydroxyl groups is 2. The number of benzene rings is 1. The monoisotopic (exact) mass is 462 g/mol. The number of likely N-dealkylation sites (N-methyl/N-ethyl adjacent to an activating group) is 2. The van der Waals surface area contributed by atoms with E-state index in [0.717, 1.165) is 19.0 Å². The molecule has 1 aromatic carbocycles. The Bertz CT molecular complexity index is 735. The van der Waals surface area contributed by atoms with Gasteiger partial charge in [0, 0.05) is 27.1 Å². The van der Waals surface area contributed by atoms with E-state index >= 15 is 0 Å². The molecular weight excluding hydrogens is 445 g/mol. The number of carboxylic acid groups (broad SMARTS) is 1. The Morgan fingerprint density at radius 2 is 1.79 bits per heavy atom. The molecule has 0 saturated heterocycles. The molecule has 0 aliphatic rings. The van der Waals surface area contributed by atoms with Crippen LogP contribution in [0.1, 0.15) is 12.0 Å². The molecule has 0 spiro atoms. The third-order valence-electron chi connectivity index (χ3n) is 4.26. The van der Waals surface area contributed by atoms with Gasteiger partial charge in [-0.1, -0.05) is 29.3 Å². The van der Waals surface area contributed by atoms with Crippen molar-refractivity contribution in [2.24, 2.45) is 0 Å². The fourth-order valence-corrected chi connectivity index (χ4v) is 3.26. The summed E-state index contributed by atoms with van der Waals surface area (Å²) in [5.41, 5.74) is -1.59. The normalized spacial score (nSPS) is 14.9. The van der Waals surface area contributed by atoms with Crippen LogP contribution in [-0.4, -0.2) is 75.9 Å². The Labute approximate surface area is 175 Å². The first-order valence-corrected chi connectivity index (χ1v) is 8.93. The van der Waals surface area contributed by atoms with Gasteiger partial charge in [0.1, 0.15) is 0 Å². The minimum atomic E-state index is -4.21. The van der Waals surface area contributed by atoms with Gasteiger partial charge in [-0.05, 0) is 29.3 Å². The average Bonchev–Trinajstić information content (AvgIpc) is 2.60. The maximum absolute atomic E-state index is 13.3. The zero-order chi connectivity index (χ0) is 21.9. The van der Waals surface area contributed by atoms with Crippen LogP contribution < -0.4 is 0 Å². The van der Waals surface area contributed by atoms with E-state index in [4.69, 9.17) is 34.8 Å². The molecule has 0 fully saturated rings. The van der Waals surface area contributed by atoms with Crippen molar-refractivity contribution in [1.29, 1.82) is 0 Å². The van der Waals surface area contributed by atoms with Crippen LogP contribution in [0.25, 0.3) is 0 Å². The lowest BCUT2D eigenvalue weighted by Crippen LogP contribution is -2.57. The molecule has 1 rings (SSSR count). The number of rotatable bonds is 8. The highest BCUT2D eigenvalue weighted by atomic mass is 35.5. The van der Waals surface area contributed by atoms with Gasteiger partial charge in [0.15, 0.2) is 0 Å². The molecule has 0 aliphatic heterocycles. The Morgan fingerprint density at radius 1 is 1.21 bits per heavy atom. The second kappa shape index (κ2) is 9.41. The van der Waals surface area contributed by atoms with E-state index in [1.54, 1.807) is 0 Å². The predicted octanol–water partition coefficient (Wildman–Crippen LogP) is 2.83.